The fourth-order valence-electron chi connectivity index (χ4n) is 0.919. The predicted molar refractivity (Wildman–Crippen MR) is 49.7 cm³/mol. The Kier molecular flexibility index (Phi) is 3.43. The van der Waals surface area contributed by atoms with Gasteiger partial charge in [-0.15, -0.1) is 0 Å². The number of hydrogen-bond donors (Lipinski definition) is 0. The minimum atomic E-state index is -0.413. The third-order valence-electron chi connectivity index (χ3n) is 1.51. The van der Waals surface area contributed by atoms with Crippen molar-refractivity contribution >= 4 is 17.6 Å². The van der Waals surface area contributed by atoms with Gasteiger partial charge in [-0.25, -0.2) is 4.98 Å². The van der Waals surface area contributed by atoms with Crippen LogP contribution in [0.4, 0.5) is 0 Å². The second-order valence-corrected chi connectivity index (χ2v) is 2.96. The Morgan fingerprint density at radius 3 is 3.00 bits per heavy atom. The summed E-state index contributed by atoms with van der Waals surface area (Å²) < 4.78 is 4.46. The van der Waals surface area contributed by atoms with E-state index in [0.29, 0.717) is 10.7 Å². The van der Waals surface area contributed by atoms with E-state index in [1.54, 1.807) is 0 Å². The molecule has 1 aromatic rings. The second-order valence-electron chi connectivity index (χ2n) is 2.53. The summed E-state index contributed by atoms with van der Waals surface area (Å²) in [5, 5.41) is 8.98. The van der Waals surface area contributed by atoms with Gasteiger partial charge in [-0.2, -0.15) is 5.26 Å². The number of esters is 1. The first-order valence-corrected chi connectivity index (χ1v) is 4.17. The monoisotopic (exact) mass is 210 g/mol. The maximum atomic E-state index is 10.9. The van der Waals surface area contributed by atoms with Crippen LogP contribution in [0.1, 0.15) is 11.4 Å². The molecule has 0 fully saturated rings. The van der Waals surface area contributed by atoms with Crippen LogP contribution in [0.25, 0.3) is 0 Å². The summed E-state index contributed by atoms with van der Waals surface area (Å²) in [6, 6.07) is 4.81. The zero-order valence-electron chi connectivity index (χ0n) is 7.45. The van der Waals surface area contributed by atoms with Crippen LogP contribution in [0.3, 0.4) is 0 Å². The minimum Gasteiger partial charge on any atom is -0.469 e. The van der Waals surface area contributed by atoms with Gasteiger partial charge in [0.1, 0.15) is 11.8 Å². The largest absolute Gasteiger partial charge is 0.469 e. The lowest BCUT2D eigenvalue weighted by atomic mass is 10.2. The van der Waals surface area contributed by atoms with Crippen LogP contribution >= 0.6 is 11.6 Å². The number of nitriles is 1. The second kappa shape index (κ2) is 4.58. The van der Waals surface area contributed by atoms with E-state index in [1.165, 1.54) is 19.2 Å². The molecule has 0 aliphatic rings. The number of rotatable bonds is 2. The van der Waals surface area contributed by atoms with E-state index < -0.39 is 5.97 Å². The number of pyridine rings is 1. The summed E-state index contributed by atoms with van der Waals surface area (Å²) in [7, 11) is 1.29. The third kappa shape index (κ3) is 2.71. The smallest absolute Gasteiger partial charge is 0.311 e. The molecule has 0 saturated heterocycles. The minimum absolute atomic E-state index is 0.0196. The lowest BCUT2D eigenvalue weighted by Gasteiger charge is -2.00. The van der Waals surface area contributed by atoms with Crippen LogP contribution in [0.15, 0.2) is 12.1 Å². The summed E-state index contributed by atoms with van der Waals surface area (Å²) in [6.45, 7) is 0. The van der Waals surface area contributed by atoms with Crippen LogP contribution in [0.5, 0.6) is 0 Å². The summed E-state index contributed by atoms with van der Waals surface area (Å²) in [4.78, 5) is 14.8. The summed E-state index contributed by atoms with van der Waals surface area (Å²) in [5.41, 5.74) is 0.623. The van der Waals surface area contributed by atoms with Crippen LogP contribution in [0.2, 0.25) is 5.02 Å². The van der Waals surface area contributed by atoms with E-state index in [1.807, 2.05) is 6.07 Å². The van der Waals surface area contributed by atoms with Crippen LogP contribution in [0, 0.1) is 11.3 Å². The Balaban J connectivity index is 2.93. The molecule has 0 bridgehead atoms. The van der Waals surface area contributed by atoms with Gasteiger partial charge >= 0.3 is 5.97 Å². The Hall–Kier alpha value is -1.60. The lowest BCUT2D eigenvalue weighted by molar-refractivity contribution is -0.139. The van der Waals surface area contributed by atoms with Crippen LogP contribution in [-0.2, 0) is 16.0 Å². The molecule has 72 valence electrons. The van der Waals surface area contributed by atoms with Crippen molar-refractivity contribution in [3.05, 3.63) is 28.5 Å². The van der Waals surface area contributed by atoms with Gasteiger partial charge in [0.2, 0.25) is 0 Å². The Labute approximate surface area is 86.1 Å². The summed E-state index contributed by atoms with van der Waals surface area (Å²) in [5.74, 6) is -0.413. The number of hydrogen-bond acceptors (Lipinski definition) is 4. The first kappa shape index (κ1) is 10.5. The zero-order valence-corrected chi connectivity index (χ0v) is 8.21. The number of halogens is 1. The standard InChI is InChI=1S/C9H7ClN2O2/c1-14-9(13)4-7-2-6(10)3-8(5-11)12-7/h2-3H,4H2,1H3. The van der Waals surface area contributed by atoms with Gasteiger partial charge < -0.3 is 4.74 Å². The molecule has 0 aliphatic heterocycles. The first-order chi connectivity index (χ1) is 6.65. The van der Waals surface area contributed by atoms with E-state index in [-0.39, 0.29) is 12.1 Å². The molecule has 0 unspecified atom stereocenters. The number of aromatic nitrogens is 1. The number of ether oxygens (including phenoxy) is 1. The van der Waals surface area contributed by atoms with E-state index in [2.05, 4.69) is 9.72 Å². The molecular formula is C9H7ClN2O2. The highest BCUT2D eigenvalue weighted by Gasteiger charge is 2.06. The Morgan fingerprint density at radius 2 is 2.43 bits per heavy atom. The van der Waals surface area contributed by atoms with Crippen molar-refractivity contribution in [1.29, 1.82) is 5.26 Å². The quantitative estimate of drug-likeness (QED) is 0.691. The maximum Gasteiger partial charge on any atom is 0.311 e. The fourth-order valence-corrected chi connectivity index (χ4v) is 1.15. The van der Waals surface area contributed by atoms with E-state index in [9.17, 15) is 4.79 Å². The number of methoxy groups -OCH3 is 1. The van der Waals surface area contributed by atoms with Gasteiger partial charge in [0.15, 0.2) is 0 Å². The molecule has 0 radical (unpaired) electrons. The molecule has 1 heterocycles. The van der Waals surface area contributed by atoms with Crippen LogP contribution < -0.4 is 0 Å². The molecule has 5 heteroatoms. The van der Waals surface area contributed by atoms with Crippen molar-refractivity contribution in [2.24, 2.45) is 0 Å². The molecule has 4 nitrogen and oxygen atoms in total. The molecular weight excluding hydrogens is 204 g/mol. The molecule has 0 atom stereocenters. The van der Waals surface area contributed by atoms with Gasteiger partial charge in [-0.05, 0) is 12.1 Å². The van der Waals surface area contributed by atoms with Crippen molar-refractivity contribution < 1.29 is 9.53 Å². The molecule has 0 aromatic carbocycles. The topological polar surface area (TPSA) is 63.0 Å². The average molecular weight is 211 g/mol. The normalized spacial score (nSPS) is 9.21. The molecule has 0 amide bonds. The molecule has 14 heavy (non-hydrogen) atoms. The number of carbonyl (C=O) groups excluding carboxylic acids is 1. The number of nitrogens with zero attached hydrogens (tertiary/aromatic N) is 2. The van der Waals surface area contributed by atoms with Crippen molar-refractivity contribution in [3.8, 4) is 6.07 Å². The maximum absolute atomic E-state index is 10.9. The van der Waals surface area contributed by atoms with Gasteiger partial charge in [0, 0.05) is 5.02 Å². The summed E-state index contributed by atoms with van der Waals surface area (Å²) in [6.07, 6.45) is 0.0196. The molecule has 0 aliphatic carbocycles. The third-order valence-corrected chi connectivity index (χ3v) is 1.73. The van der Waals surface area contributed by atoms with Crippen molar-refractivity contribution in [3.63, 3.8) is 0 Å². The lowest BCUT2D eigenvalue weighted by Crippen LogP contribution is -2.06. The highest BCUT2D eigenvalue weighted by molar-refractivity contribution is 6.30. The van der Waals surface area contributed by atoms with Crippen molar-refractivity contribution in [1.82, 2.24) is 4.98 Å². The van der Waals surface area contributed by atoms with E-state index >= 15 is 0 Å². The van der Waals surface area contributed by atoms with Gasteiger partial charge in [0.25, 0.3) is 0 Å². The van der Waals surface area contributed by atoms with Gasteiger partial charge in [-0.3, -0.25) is 4.79 Å². The summed E-state index contributed by atoms with van der Waals surface area (Å²) >= 11 is 5.71. The van der Waals surface area contributed by atoms with Gasteiger partial charge in [-0.1, -0.05) is 11.6 Å². The van der Waals surface area contributed by atoms with Crippen molar-refractivity contribution in [2.45, 2.75) is 6.42 Å². The van der Waals surface area contributed by atoms with E-state index in [4.69, 9.17) is 16.9 Å². The van der Waals surface area contributed by atoms with Crippen molar-refractivity contribution in [2.75, 3.05) is 7.11 Å². The molecule has 0 N–H and O–H groups in total. The molecule has 0 saturated carbocycles. The molecule has 1 rings (SSSR count). The first-order valence-electron chi connectivity index (χ1n) is 3.79. The van der Waals surface area contributed by atoms with E-state index in [0.717, 1.165) is 0 Å². The highest BCUT2D eigenvalue weighted by Crippen LogP contribution is 2.11. The zero-order chi connectivity index (χ0) is 10.6. The highest BCUT2D eigenvalue weighted by atomic mass is 35.5. The molecule has 0 spiro atoms. The van der Waals surface area contributed by atoms with Gasteiger partial charge in [0.05, 0.1) is 19.2 Å². The van der Waals surface area contributed by atoms with Crippen LogP contribution in [-0.4, -0.2) is 18.1 Å². The fraction of sp³-hybridized carbons (Fsp3) is 0.222. The average Bonchev–Trinajstić information content (AvgIpc) is 2.16. The predicted octanol–water partition coefficient (Wildman–Crippen LogP) is 1.32. The Bertz CT molecular complexity index is 398. The SMILES string of the molecule is COC(=O)Cc1cc(Cl)cc(C#N)n1. The number of carbonyl (C=O) groups is 1. The Morgan fingerprint density at radius 1 is 1.71 bits per heavy atom. The molecule has 1 aromatic heterocycles.